The monoisotopic (exact) mass is 431 g/mol. The lowest BCUT2D eigenvalue weighted by atomic mass is 10.1. The van der Waals surface area contributed by atoms with Gasteiger partial charge in [-0.3, -0.25) is 14.5 Å². The summed E-state index contributed by atoms with van der Waals surface area (Å²) in [6, 6.07) is 15.3. The van der Waals surface area contributed by atoms with E-state index >= 15 is 0 Å². The molecule has 0 fully saturated rings. The Kier molecular flexibility index (Phi) is 5.38. The Labute approximate surface area is 174 Å². The van der Waals surface area contributed by atoms with Gasteiger partial charge in [-0.05, 0) is 17.7 Å². The van der Waals surface area contributed by atoms with Crippen molar-refractivity contribution in [2.24, 2.45) is 0 Å². The van der Waals surface area contributed by atoms with Crippen LogP contribution in [0.4, 0.5) is 13.2 Å². The number of fused-ring (bicyclic) bond motifs is 1. The molecule has 9 heteroatoms. The van der Waals surface area contributed by atoms with Crippen molar-refractivity contribution in [1.82, 2.24) is 14.5 Å². The highest BCUT2D eigenvalue weighted by Crippen LogP contribution is 2.30. The summed E-state index contributed by atoms with van der Waals surface area (Å²) in [7, 11) is 0. The molecular weight excluding hydrogens is 415 g/mol. The van der Waals surface area contributed by atoms with Crippen LogP contribution in [0.5, 0.6) is 0 Å². The second kappa shape index (κ2) is 7.98. The van der Waals surface area contributed by atoms with Crippen molar-refractivity contribution < 1.29 is 22.8 Å². The van der Waals surface area contributed by atoms with E-state index in [1.807, 2.05) is 0 Å². The van der Waals surface area contributed by atoms with Gasteiger partial charge in [0.15, 0.2) is 5.16 Å². The molecule has 0 radical (unpaired) electrons. The van der Waals surface area contributed by atoms with Crippen LogP contribution >= 0.6 is 11.8 Å². The van der Waals surface area contributed by atoms with E-state index in [1.54, 1.807) is 54.6 Å². The van der Waals surface area contributed by atoms with Gasteiger partial charge in [0.05, 0.1) is 23.0 Å². The number of halogens is 3. The largest absolute Gasteiger partial charge is 0.406 e. The fourth-order valence-corrected chi connectivity index (χ4v) is 4.22. The number of thioether (sulfide) groups is 1. The van der Waals surface area contributed by atoms with Crippen LogP contribution in [0.1, 0.15) is 20.7 Å². The van der Waals surface area contributed by atoms with Crippen molar-refractivity contribution in [2.75, 3.05) is 12.3 Å². The number of benzene rings is 2. The third-order valence-corrected chi connectivity index (χ3v) is 5.62. The Balaban J connectivity index is 1.51. The maximum absolute atomic E-state index is 13.2. The van der Waals surface area contributed by atoms with Crippen molar-refractivity contribution in [1.29, 1.82) is 0 Å². The van der Waals surface area contributed by atoms with Crippen molar-refractivity contribution in [3.05, 3.63) is 71.9 Å². The summed E-state index contributed by atoms with van der Waals surface area (Å²) < 4.78 is 40.6. The lowest BCUT2D eigenvalue weighted by molar-refractivity contribution is -0.141. The Bertz CT molecular complexity index is 1060. The predicted molar refractivity (Wildman–Crippen MR) is 106 cm³/mol. The van der Waals surface area contributed by atoms with Crippen LogP contribution in [0.3, 0.4) is 0 Å². The SMILES string of the molecule is O=C1c2ccccc2C(=O)N1CCSc1ncc(-c2ccccc2)n1CC(F)(F)F. The zero-order chi connectivity index (χ0) is 21.3. The highest BCUT2D eigenvalue weighted by molar-refractivity contribution is 7.99. The van der Waals surface area contributed by atoms with Crippen LogP contribution in [0.25, 0.3) is 11.3 Å². The van der Waals surface area contributed by atoms with Crippen LogP contribution in [0, 0.1) is 0 Å². The number of alkyl halides is 3. The summed E-state index contributed by atoms with van der Waals surface area (Å²) in [5.41, 5.74) is 1.67. The minimum Gasteiger partial charge on any atom is -0.310 e. The van der Waals surface area contributed by atoms with E-state index < -0.39 is 12.7 Å². The average Bonchev–Trinajstić information content (AvgIpc) is 3.21. The second-order valence-corrected chi connectivity index (χ2v) is 7.71. The maximum atomic E-state index is 13.2. The van der Waals surface area contributed by atoms with Crippen molar-refractivity contribution in [3.63, 3.8) is 0 Å². The molecule has 0 atom stereocenters. The van der Waals surface area contributed by atoms with Gasteiger partial charge < -0.3 is 4.57 Å². The molecule has 0 aliphatic carbocycles. The van der Waals surface area contributed by atoms with E-state index in [-0.39, 0.29) is 29.3 Å². The Morgan fingerprint density at radius 3 is 2.10 bits per heavy atom. The molecule has 4 rings (SSSR count). The van der Waals surface area contributed by atoms with Gasteiger partial charge in [0.1, 0.15) is 6.54 Å². The van der Waals surface area contributed by atoms with E-state index in [2.05, 4.69) is 4.98 Å². The van der Waals surface area contributed by atoms with E-state index in [1.165, 1.54) is 6.20 Å². The molecular formula is C21H16F3N3O2S. The molecule has 1 aliphatic heterocycles. The Morgan fingerprint density at radius 2 is 1.50 bits per heavy atom. The molecule has 3 aromatic rings. The number of imide groups is 1. The molecule has 1 aliphatic rings. The summed E-state index contributed by atoms with van der Waals surface area (Å²) in [5.74, 6) is -0.547. The van der Waals surface area contributed by atoms with Crippen LogP contribution in [-0.2, 0) is 6.54 Å². The summed E-state index contributed by atoms with van der Waals surface area (Å²) in [6.07, 6.45) is -3.01. The van der Waals surface area contributed by atoms with Gasteiger partial charge in [-0.2, -0.15) is 13.2 Å². The number of carbonyl (C=O) groups excluding carboxylic acids is 2. The van der Waals surface area contributed by atoms with Gasteiger partial charge in [0.2, 0.25) is 0 Å². The molecule has 0 bridgehead atoms. The number of imidazole rings is 1. The van der Waals surface area contributed by atoms with Crippen molar-refractivity contribution in [2.45, 2.75) is 17.9 Å². The van der Waals surface area contributed by atoms with E-state index in [4.69, 9.17) is 0 Å². The fourth-order valence-electron chi connectivity index (χ4n) is 3.32. The third kappa shape index (κ3) is 3.97. The number of hydrogen-bond acceptors (Lipinski definition) is 4. The molecule has 5 nitrogen and oxygen atoms in total. The average molecular weight is 431 g/mol. The first kappa shape index (κ1) is 20.2. The van der Waals surface area contributed by atoms with E-state index in [0.717, 1.165) is 21.2 Å². The molecule has 2 amide bonds. The topological polar surface area (TPSA) is 55.2 Å². The molecule has 0 N–H and O–H groups in total. The van der Waals surface area contributed by atoms with Gasteiger partial charge in [-0.25, -0.2) is 4.98 Å². The normalized spacial score (nSPS) is 13.8. The highest BCUT2D eigenvalue weighted by Gasteiger charge is 2.35. The van der Waals surface area contributed by atoms with Crippen LogP contribution in [-0.4, -0.2) is 44.7 Å². The van der Waals surface area contributed by atoms with Crippen molar-refractivity contribution >= 4 is 23.6 Å². The first-order valence-corrected chi connectivity index (χ1v) is 10.1. The number of amides is 2. The standard InChI is InChI=1S/C21H16F3N3O2S/c22-21(23,24)13-27-17(14-6-2-1-3-7-14)12-25-20(27)30-11-10-26-18(28)15-8-4-5-9-16(15)19(26)29/h1-9,12H,10-11,13H2. The number of aromatic nitrogens is 2. The summed E-state index contributed by atoms with van der Waals surface area (Å²) in [6.45, 7) is -1.09. The molecule has 0 spiro atoms. The molecule has 2 aromatic carbocycles. The molecule has 0 unspecified atom stereocenters. The van der Waals surface area contributed by atoms with Gasteiger partial charge in [-0.15, -0.1) is 0 Å². The van der Waals surface area contributed by atoms with Gasteiger partial charge in [0, 0.05) is 12.3 Å². The number of nitrogens with zero attached hydrogens (tertiary/aromatic N) is 3. The smallest absolute Gasteiger partial charge is 0.310 e. The number of carbonyl (C=O) groups is 2. The summed E-state index contributed by atoms with van der Waals surface area (Å²) in [4.78, 5) is 30.1. The minimum absolute atomic E-state index is 0.0799. The molecule has 154 valence electrons. The quantitative estimate of drug-likeness (QED) is 0.426. The first-order valence-electron chi connectivity index (χ1n) is 9.11. The van der Waals surface area contributed by atoms with Gasteiger partial charge in [0.25, 0.3) is 11.8 Å². The van der Waals surface area contributed by atoms with Crippen molar-refractivity contribution in [3.8, 4) is 11.3 Å². The molecule has 0 saturated heterocycles. The van der Waals surface area contributed by atoms with Gasteiger partial charge >= 0.3 is 6.18 Å². The summed E-state index contributed by atoms with van der Waals surface area (Å²) in [5, 5.41) is 0.183. The van der Waals surface area contributed by atoms with Crippen LogP contribution in [0.15, 0.2) is 66.0 Å². The van der Waals surface area contributed by atoms with Crippen LogP contribution < -0.4 is 0 Å². The first-order chi connectivity index (χ1) is 14.3. The lowest BCUT2D eigenvalue weighted by Crippen LogP contribution is -2.32. The number of hydrogen-bond donors (Lipinski definition) is 0. The Morgan fingerprint density at radius 1 is 0.900 bits per heavy atom. The van der Waals surface area contributed by atoms with Gasteiger partial charge in [-0.1, -0.05) is 54.2 Å². The Hall–Kier alpha value is -3.07. The molecule has 0 saturated carbocycles. The predicted octanol–water partition coefficient (Wildman–Crippen LogP) is 4.50. The van der Waals surface area contributed by atoms with E-state index in [9.17, 15) is 22.8 Å². The molecule has 1 aromatic heterocycles. The second-order valence-electron chi connectivity index (χ2n) is 6.65. The maximum Gasteiger partial charge on any atom is 0.406 e. The minimum atomic E-state index is -4.41. The summed E-state index contributed by atoms with van der Waals surface area (Å²) >= 11 is 1.08. The molecule has 30 heavy (non-hydrogen) atoms. The highest BCUT2D eigenvalue weighted by atomic mass is 32.2. The lowest BCUT2D eigenvalue weighted by Gasteiger charge is -2.16. The zero-order valence-corrected chi connectivity index (χ0v) is 16.4. The number of rotatable bonds is 6. The van der Waals surface area contributed by atoms with Crippen LogP contribution in [0.2, 0.25) is 0 Å². The fraction of sp³-hybridized carbons (Fsp3) is 0.190. The molecule has 2 heterocycles. The third-order valence-electron chi connectivity index (χ3n) is 4.65. The van der Waals surface area contributed by atoms with E-state index in [0.29, 0.717) is 22.4 Å². The zero-order valence-electron chi connectivity index (χ0n) is 15.6.